The second-order valence-electron chi connectivity index (χ2n) is 8.03. The number of carboxylic acids is 1. The van der Waals surface area contributed by atoms with Gasteiger partial charge in [-0.05, 0) is 38.0 Å². The van der Waals surface area contributed by atoms with Crippen LogP contribution in [-0.2, 0) is 14.3 Å². The van der Waals surface area contributed by atoms with Crippen LogP contribution in [0.2, 0.25) is 0 Å². The van der Waals surface area contributed by atoms with Gasteiger partial charge in [0.2, 0.25) is 0 Å². The number of nitrogens with one attached hydrogen (secondary N) is 1. The van der Waals surface area contributed by atoms with E-state index in [9.17, 15) is 19.5 Å². The number of benzene rings is 1. The number of aromatic amines is 1. The summed E-state index contributed by atoms with van der Waals surface area (Å²) < 4.78 is 29.4. The number of nitrogens with zero attached hydrogens (tertiary/aromatic N) is 3. The van der Waals surface area contributed by atoms with Gasteiger partial charge in [0, 0.05) is 6.92 Å². The van der Waals surface area contributed by atoms with Crippen molar-refractivity contribution in [1.82, 2.24) is 19.5 Å². The molecule has 1 aromatic carbocycles. The number of aromatic nitrogens is 4. The number of carbonyl (C=O) groups excluding carboxylic acids is 1. The monoisotopic (exact) mass is 444 g/mol. The van der Waals surface area contributed by atoms with E-state index in [0.29, 0.717) is 11.1 Å². The Morgan fingerprint density at radius 2 is 2.03 bits per heavy atom. The lowest BCUT2D eigenvalue weighted by atomic mass is 9.80. The van der Waals surface area contributed by atoms with Crippen molar-refractivity contribution in [2.24, 2.45) is 0 Å². The molecule has 0 unspecified atom stereocenters. The van der Waals surface area contributed by atoms with Crippen molar-refractivity contribution < 1.29 is 28.6 Å². The third-order valence-corrected chi connectivity index (χ3v) is 6.06. The van der Waals surface area contributed by atoms with Gasteiger partial charge in [-0.1, -0.05) is 12.1 Å². The number of hydrogen-bond acceptors (Lipinski definition) is 7. The molecule has 32 heavy (non-hydrogen) atoms. The van der Waals surface area contributed by atoms with Crippen LogP contribution in [0.4, 0.5) is 4.39 Å². The SMILES string of the molecule is CC(=O)O[C@@]1(C)[C@@H](c2cccc(C(=O)O)c2C)O[C@@H](n2cnc3c(=O)[nH]cnc32)[C@]1(C)F. The van der Waals surface area contributed by atoms with Gasteiger partial charge in [0.1, 0.15) is 6.10 Å². The molecule has 2 N–H and O–H groups in total. The van der Waals surface area contributed by atoms with Crippen molar-refractivity contribution in [3.63, 3.8) is 0 Å². The summed E-state index contributed by atoms with van der Waals surface area (Å²) >= 11 is 0. The number of aromatic carboxylic acids is 1. The van der Waals surface area contributed by atoms with Crippen LogP contribution in [0, 0.1) is 6.92 Å². The van der Waals surface area contributed by atoms with Gasteiger partial charge in [0.15, 0.2) is 28.7 Å². The summed E-state index contributed by atoms with van der Waals surface area (Å²) in [5, 5.41) is 9.50. The van der Waals surface area contributed by atoms with E-state index in [-0.39, 0.29) is 16.7 Å². The number of H-pyrrole nitrogens is 1. The highest BCUT2D eigenvalue weighted by Crippen LogP contribution is 2.57. The quantitative estimate of drug-likeness (QED) is 0.586. The number of alkyl halides is 1. The molecule has 168 valence electrons. The van der Waals surface area contributed by atoms with Gasteiger partial charge in [-0.3, -0.25) is 14.2 Å². The first kappa shape index (κ1) is 21.6. The number of carboxylic acid groups (broad SMARTS) is 1. The van der Waals surface area contributed by atoms with E-state index in [4.69, 9.17) is 9.47 Å². The maximum atomic E-state index is 16.5. The summed E-state index contributed by atoms with van der Waals surface area (Å²) in [6, 6.07) is 4.53. The van der Waals surface area contributed by atoms with E-state index in [2.05, 4.69) is 15.0 Å². The Bertz CT molecular complexity index is 1300. The van der Waals surface area contributed by atoms with Crippen molar-refractivity contribution in [1.29, 1.82) is 0 Å². The molecule has 3 aromatic rings. The lowest BCUT2D eigenvalue weighted by Gasteiger charge is -2.37. The number of imidazole rings is 1. The van der Waals surface area contributed by atoms with Crippen LogP contribution in [0.1, 0.15) is 54.6 Å². The molecule has 0 amide bonds. The van der Waals surface area contributed by atoms with Crippen molar-refractivity contribution in [2.45, 2.75) is 51.3 Å². The molecule has 1 aliphatic heterocycles. The summed E-state index contributed by atoms with van der Waals surface area (Å²) in [5.41, 5.74) is -3.87. The third-order valence-electron chi connectivity index (χ3n) is 6.06. The van der Waals surface area contributed by atoms with E-state index in [0.717, 1.165) is 13.3 Å². The minimum absolute atomic E-state index is 0.00593. The van der Waals surface area contributed by atoms with Gasteiger partial charge in [-0.2, -0.15) is 0 Å². The summed E-state index contributed by atoms with van der Waals surface area (Å²) in [4.78, 5) is 46.1. The number of ether oxygens (including phenoxy) is 2. The Balaban J connectivity index is 1.92. The zero-order valence-electron chi connectivity index (χ0n) is 17.7. The topological polar surface area (TPSA) is 136 Å². The number of carbonyl (C=O) groups is 2. The molecular weight excluding hydrogens is 423 g/mol. The molecule has 4 rings (SSSR count). The Kier molecular flexibility index (Phi) is 4.88. The standard InChI is InChI=1S/C21H21FN4O6/c1-10-12(6-5-7-13(10)18(29)30)15-21(4,32-11(2)27)20(3,22)19(31-15)26-9-25-14-16(26)23-8-24-17(14)28/h5-9,15,19H,1-4H3,(H,29,30)(H,23,24,28)/t15-,19-,20+,21+/m1/s1. The van der Waals surface area contributed by atoms with Gasteiger partial charge >= 0.3 is 11.9 Å². The van der Waals surface area contributed by atoms with Crippen molar-refractivity contribution in [3.8, 4) is 0 Å². The molecule has 0 bridgehead atoms. The van der Waals surface area contributed by atoms with E-state index in [1.165, 1.54) is 36.9 Å². The van der Waals surface area contributed by atoms with Gasteiger partial charge in [0.05, 0.1) is 18.2 Å². The largest absolute Gasteiger partial charge is 0.478 e. The fraction of sp³-hybridized carbons (Fsp3) is 0.381. The Morgan fingerprint density at radius 3 is 2.69 bits per heavy atom. The summed E-state index contributed by atoms with van der Waals surface area (Å²) in [6.45, 7) is 5.34. The molecule has 1 fully saturated rings. The Labute approximate surface area is 181 Å². The zero-order valence-corrected chi connectivity index (χ0v) is 17.7. The predicted octanol–water partition coefficient (Wildman–Crippen LogP) is 2.45. The van der Waals surface area contributed by atoms with E-state index < -0.39 is 41.1 Å². The van der Waals surface area contributed by atoms with Crippen molar-refractivity contribution in [3.05, 3.63) is 57.9 Å². The van der Waals surface area contributed by atoms with Crippen LogP contribution >= 0.6 is 0 Å². The smallest absolute Gasteiger partial charge is 0.335 e. The minimum atomic E-state index is -2.33. The third kappa shape index (κ3) is 3.00. The maximum absolute atomic E-state index is 16.5. The number of fused-ring (bicyclic) bond motifs is 1. The molecule has 3 heterocycles. The highest BCUT2D eigenvalue weighted by Gasteiger charge is 2.67. The molecule has 0 radical (unpaired) electrons. The van der Waals surface area contributed by atoms with Gasteiger partial charge in [-0.15, -0.1) is 0 Å². The number of hydrogen-bond donors (Lipinski definition) is 2. The summed E-state index contributed by atoms with van der Waals surface area (Å²) in [6.07, 6.45) is -0.155. The molecule has 0 saturated carbocycles. The second kappa shape index (κ2) is 7.23. The number of esters is 1. The zero-order chi connectivity index (χ0) is 23.4. The van der Waals surface area contributed by atoms with Crippen LogP contribution in [0.25, 0.3) is 11.2 Å². The lowest BCUT2D eigenvalue weighted by Crippen LogP contribution is -2.51. The summed E-state index contributed by atoms with van der Waals surface area (Å²) in [7, 11) is 0. The average molecular weight is 444 g/mol. The first-order valence-corrected chi connectivity index (χ1v) is 9.76. The molecule has 4 atom stereocenters. The Hall–Kier alpha value is -3.60. The van der Waals surface area contributed by atoms with Crippen LogP contribution in [-0.4, -0.2) is 47.8 Å². The van der Waals surface area contributed by atoms with Crippen LogP contribution in [0.5, 0.6) is 0 Å². The number of rotatable bonds is 4. The van der Waals surface area contributed by atoms with Crippen LogP contribution in [0.15, 0.2) is 35.6 Å². The Morgan fingerprint density at radius 1 is 1.31 bits per heavy atom. The minimum Gasteiger partial charge on any atom is -0.478 e. The van der Waals surface area contributed by atoms with Gasteiger partial charge in [-0.25, -0.2) is 19.2 Å². The molecular formula is C21H21FN4O6. The molecule has 2 aromatic heterocycles. The van der Waals surface area contributed by atoms with E-state index >= 15 is 4.39 Å². The first-order valence-electron chi connectivity index (χ1n) is 9.76. The normalized spacial score (nSPS) is 27.5. The lowest BCUT2D eigenvalue weighted by molar-refractivity contribution is -0.174. The highest BCUT2D eigenvalue weighted by atomic mass is 19.1. The molecule has 0 aliphatic carbocycles. The molecule has 1 aliphatic rings. The molecule has 0 spiro atoms. The van der Waals surface area contributed by atoms with Crippen LogP contribution in [0.3, 0.4) is 0 Å². The maximum Gasteiger partial charge on any atom is 0.335 e. The molecule has 10 nitrogen and oxygen atoms in total. The summed E-state index contributed by atoms with van der Waals surface area (Å²) in [5.74, 6) is -1.89. The predicted molar refractivity (Wildman–Crippen MR) is 109 cm³/mol. The molecule has 1 saturated heterocycles. The second-order valence-corrected chi connectivity index (χ2v) is 8.03. The molecule has 11 heteroatoms. The van der Waals surface area contributed by atoms with E-state index in [1.54, 1.807) is 13.0 Å². The highest BCUT2D eigenvalue weighted by molar-refractivity contribution is 5.89. The van der Waals surface area contributed by atoms with E-state index in [1.807, 2.05) is 0 Å². The van der Waals surface area contributed by atoms with Gasteiger partial charge in [0.25, 0.3) is 5.56 Å². The fourth-order valence-corrected chi connectivity index (χ4v) is 4.24. The first-order chi connectivity index (χ1) is 15.0. The fourth-order valence-electron chi connectivity index (χ4n) is 4.24. The number of halogens is 1. The van der Waals surface area contributed by atoms with Crippen LogP contribution < -0.4 is 5.56 Å². The van der Waals surface area contributed by atoms with Gasteiger partial charge < -0.3 is 19.6 Å². The van der Waals surface area contributed by atoms with Crippen molar-refractivity contribution >= 4 is 23.1 Å². The average Bonchev–Trinajstić information content (AvgIpc) is 3.20. The van der Waals surface area contributed by atoms with Crippen molar-refractivity contribution in [2.75, 3.05) is 0 Å².